The molecule has 1 rings (SSSR count). The number of methoxy groups -OCH3 is 3. The van der Waals surface area contributed by atoms with E-state index in [9.17, 15) is 0 Å². The molecular formula is C14H23NO3. The highest BCUT2D eigenvalue weighted by molar-refractivity contribution is 5.42. The van der Waals surface area contributed by atoms with E-state index in [1.54, 1.807) is 21.3 Å². The second kappa shape index (κ2) is 7.95. The fraction of sp³-hybridized carbons (Fsp3) is 0.571. The Bertz CT molecular complexity index is 355. The van der Waals surface area contributed by atoms with Crippen LogP contribution < -0.4 is 14.8 Å². The summed E-state index contributed by atoms with van der Waals surface area (Å²) in [6.07, 6.45) is 0.897. The van der Waals surface area contributed by atoms with Crippen molar-refractivity contribution in [3.63, 3.8) is 0 Å². The third kappa shape index (κ3) is 3.89. The highest BCUT2D eigenvalue weighted by atomic mass is 16.5. The molecule has 0 saturated heterocycles. The third-order valence-corrected chi connectivity index (χ3v) is 2.87. The average molecular weight is 253 g/mol. The average Bonchev–Trinajstić information content (AvgIpc) is 2.42. The number of rotatable bonds is 8. The smallest absolute Gasteiger partial charge is 0.123 e. The minimum absolute atomic E-state index is 0.208. The Labute approximate surface area is 109 Å². The lowest BCUT2D eigenvalue weighted by Crippen LogP contribution is -2.22. The minimum atomic E-state index is 0.208. The van der Waals surface area contributed by atoms with Gasteiger partial charge in [0.05, 0.1) is 14.2 Å². The molecule has 4 nitrogen and oxygen atoms in total. The molecule has 1 aromatic rings. The van der Waals surface area contributed by atoms with Gasteiger partial charge in [-0.3, -0.25) is 0 Å². The molecule has 1 aromatic carbocycles. The molecule has 0 bridgehead atoms. The first-order chi connectivity index (χ1) is 8.76. The number of hydrogen-bond acceptors (Lipinski definition) is 4. The molecule has 0 aliphatic rings. The van der Waals surface area contributed by atoms with Crippen LogP contribution >= 0.6 is 0 Å². The Morgan fingerprint density at radius 1 is 1.17 bits per heavy atom. The van der Waals surface area contributed by atoms with Crippen LogP contribution in [0, 0.1) is 0 Å². The Kier molecular flexibility index (Phi) is 6.54. The highest BCUT2D eigenvalue weighted by Gasteiger charge is 2.16. The van der Waals surface area contributed by atoms with Crippen LogP contribution in [0.15, 0.2) is 18.2 Å². The molecule has 0 radical (unpaired) electrons. The van der Waals surface area contributed by atoms with E-state index in [0.717, 1.165) is 30.0 Å². The fourth-order valence-corrected chi connectivity index (χ4v) is 1.96. The molecule has 0 aromatic heterocycles. The number of nitrogens with one attached hydrogen (secondary N) is 1. The van der Waals surface area contributed by atoms with Crippen LogP contribution in [0.25, 0.3) is 0 Å². The normalized spacial score (nSPS) is 12.2. The van der Waals surface area contributed by atoms with E-state index < -0.39 is 0 Å². The van der Waals surface area contributed by atoms with Gasteiger partial charge in [-0.1, -0.05) is 6.92 Å². The predicted molar refractivity (Wildman–Crippen MR) is 72.5 cm³/mol. The van der Waals surface area contributed by atoms with Gasteiger partial charge in [-0.25, -0.2) is 0 Å². The maximum absolute atomic E-state index is 5.42. The van der Waals surface area contributed by atoms with Crippen LogP contribution in [0.2, 0.25) is 0 Å². The largest absolute Gasteiger partial charge is 0.497 e. The lowest BCUT2D eigenvalue weighted by Gasteiger charge is -2.21. The molecular weight excluding hydrogens is 230 g/mol. The van der Waals surface area contributed by atoms with E-state index in [1.165, 1.54) is 0 Å². The van der Waals surface area contributed by atoms with Crippen LogP contribution in [0.5, 0.6) is 11.5 Å². The van der Waals surface area contributed by atoms with Gasteiger partial charge >= 0.3 is 0 Å². The van der Waals surface area contributed by atoms with Gasteiger partial charge in [-0.15, -0.1) is 0 Å². The maximum Gasteiger partial charge on any atom is 0.123 e. The first kappa shape index (κ1) is 14.8. The van der Waals surface area contributed by atoms with Gasteiger partial charge in [0, 0.05) is 25.3 Å². The predicted octanol–water partition coefficient (Wildman–Crippen LogP) is 2.39. The molecule has 1 atom stereocenters. The number of hydrogen-bond donors (Lipinski definition) is 1. The summed E-state index contributed by atoms with van der Waals surface area (Å²) in [5.41, 5.74) is 1.11. The zero-order valence-electron chi connectivity index (χ0n) is 11.7. The van der Waals surface area contributed by atoms with Crippen molar-refractivity contribution in [2.24, 2.45) is 0 Å². The molecule has 0 amide bonds. The lowest BCUT2D eigenvalue weighted by atomic mass is 10.0. The summed E-state index contributed by atoms with van der Waals surface area (Å²) in [5, 5.41) is 3.44. The summed E-state index contributed by atoms with van der Waals surface area (Å²) in [5.74, 6) is 1.71. The van der Waals surface area contributed by atoms with E-state index in [1.807, 2.05) is 18.2 Å². The SMILES string of the molecule is CCNC(CCOC)c1cc(OC)ccc1OC. The maximum atomic E-state index is 5.42. The molecule has 18 heavy (non-hydrogen) atoms. The third-order valence-electron chi connectivity index (χ3n) is 2.87. The van der Waals surface area contributed by atoms with E-state index in [4.69, 9.17) is 14.2 Å². The quantitative estimate of drug-likeness (QED) is 0.772. The van der Waals surface area contributed by atoms with Gasteiger partial charge in [0.15, 0.2) is 0 Å². The zero-order valence-corrected chi connectivity index (χ0v) is 11.7. The molecule has 0 aliphatic heterocycles. The van der Waals surface area contributed by atoms with Crippen LogP contribution in [-0.2, 0) is 4.74 Å². The van der Waals surface area contributed by atoms with Crippen LogP contribution in [0.4, 0.5) is 0 Å². The molecule has 0 spiro atoms. The van der Waals surface area contributed by atoms with Crippen molar-refractivity contribution in [1.82, 2.24) is 5.32 Å². The van der Waals surface area contributed by atoms with Gasteiger partial charge < -0.3 is 19.5 Å². The summed E-state index contributed by atoms with van der Waals surface area (Å²) >= 11 is 0. The summed E-state index contributed by atoms with van der Waals surface area (Å²) in [7, 11) is 5.07. The first-order valence-corrected chi connectivity index (χ1v) is 6.21. The van der Waals surface area contributed by atoms with Crippen molar-refractivity contribution in [1.29, 1.82) is 0 Å². The Morgan fingerprint density at radius 2 is 1.94 bits per heavy atom. The highest BCUT2D eigenvalue weighted by Crippen LogP contribution is 2.31. The molecule has 0 saturated carbocycles. The van der Waals surface area contributed by atoms with Crippen molar-refractivity contribution >= 4 is 0 Å². The van der Waals surface area contributed by atoms with E-state index in [-0.39, 0.29) is 6.04 Å². The van der Waals surface area contributed by atoms with Crippen molar-refractivity contribution in [2.45, 2.75) is 19.4 Å². The lowest BCUT2D eigenvalue weighted by molar-refractivity contribution is 0.182. The van der Waals surface area contributed by atoms with Gasteiger partial charge in [-0.05, 0) is 31.2 Å². The first-order valence-electron chi connectivity index (χ1n) is 6.21. The Hall–Kier alpha value is -1.26. The fourth-order valence-electron chi connectivity index (χ4n) is 1.96. The molecule has 1 N–H and O–H groups in total. The molecule has 0 aliphatic carbocycles. The van der Waals surface area contributed by atoms with Crippen molar-refractivity contribution in [3.05, 3.63) is 23.8 Å². The van der Waals surface area contributed by atoms with Crippen molar-refractivity contribution in [3.8, 4) is 11.5 Å². The van der Waals surface area contributed by atoms with Gasteiger partial charge in [0.25, 0.3) is 0 Å². The number of ether oxygens (including phenoxy) is 3. The monoisotopic (exact) mass is 253 g/mol. The van der Waals surface area contributed by atoms with Crippen LogP contribution in [0.3, 0.4) is 0 Å². The summed E-state index contributed by atoms with van der Waals surface area (Å²) in [6, 6.07) is 6.06. The van der Waals surface area contributed by atoms with Crippen molar-refractivity contribution in [2.75, 3.05) is 34.5 Å². The van der Waals surface area contributed by atoms with Gasteiger partial charge in [0.1, 0.15) is 11.5 Å². The summed E-state index contributed by atoms with van der Waals surface area (Å²) in [6.45, 7) is 3.69. The Morgan fingerprint density at radius 3 is 2.50 bits per heavy atom. The van der Waals surface area contributed by atoms with Crippen LogP contribution in [-0.4, -0.2) is 34.5 Å². The molecule has 0 heterocycles. The topological polar surface area (TPSA) is 39.7 Å². The zero-order chi connectivity index (χ0) is 13.4. The second-order valence-corrected chi connectivity index (χ2v) is 4.00. The van der Waals surface area contributed by atoms with Gasteiger partial charge in [-0.2, -0.15) is 0 Å². The summed E-state index contributed by atoms with van der Waals surface area (Å²) < 4.78 is 15.8. The Balaban J connectivity index is 2.98. The molecule has 102 valence electrons. The van der Waals surface area contributed by atoms with E-state index >= 15 is 0 Å². The summed E-state index contributed by atoms with van der Waals surface area (Å²) in [4.78, 5) is 0. The minimum Gasteiger partial charge on any atom is -0.497 e. The van der Waals surface area contributed by atoms with E-state index in [0.29, 0.717) is 6.61 Å². The molecule has 0 fully saturated rings. The molecule has 4 heteroatoms. The van der Waals surface area contributed by atoms with Crippen LogP contribution in [0.1, 0.15) is 24.9 Å². The van der Waals surface area contributed by atoms with E-state index in [2.05, 4.69) is 12.2 Å². The van der Waals surface area contributed by atoms with Crippen molar-refractivity contribution < 1.29 is 14.2 Å². The second-order valence-electron chi connectivity index (χ2n) is 4.00. The number of benzene rings is 1. The van der Waals surface area contributed by atoms with Gasteiger partial charge in [0.2, 0.25) is 0 Å². The molecule has 1 unspecified atom stereocenters. The standard InChI is InChI=1S/C14H23NO3/c1-5-15-13(8-9-16-2)12-10-11(17-3)6-7-14(12)18-4/h6-7,10,13,15H,5,8-9H2,1-4H3.